The van der Waals surface area contributed by atoms with Gasteiger partial charge in [0.1, 0.15) is 5.60 Å². The summed E-state index contributed by atoms with van der Waals surface area (Å²) in [6.45, 7) is 8.94. The van der Waals surface area contributed by atoms with Crippen LogP contribution >= 0.6 is 11.8 Å². The fraction of sp³-hybridized carbons (Fsp3) is 0.571. The van der Waals surface area contributed by atoms with Crippen LogP contribution in [0.25, 0.3) is 0 Å². The lowest BCUT2D eigenvalue weighted by Crippen LogP contribution is -2.40. The Morgan fingerprint density at radius 2 is 2.00 bits per heavy atom. The third-order valence-corrected chi connectivity index (χ3v) is 5.94. The van der Waals surface area contributed by atoms with Gasteiger partial charge in [0.05, 0.1) is 0 Å². The first kappa shape index (κ1) is 20.7. The highest BCUT2D eigenvalue weighted by Crippen LogP contribution is 2.31. The molecule has 1 fully saturated rings. The zero-order chi connectivity index (χ0) is 20.5. The van der Waals surface area contributed by atoms with E-state index in [1.807, 2.05) is 37.8 Å². The van der Waals surface area contributed by atoms with Gasteiger partial charge in [-0.2, -0.15) is 0 Å². The zero-order valence-electron chi connectivity index (χ0n) is 17.0. The molecule has 0 bridgehead atoms. The van der Waals surface area contributed by atoms with Gasteiger partial charge in [-0.1, -0.05) is 17.8 Å². The number of carbonyl (C=O) groups excluding carboxylic acids is 3. The number of rotatable bonds is 3. The normalized spacial score (nSPS) is 19.6. The highest BCUT2D eigenvalue weighted by Gasteiger charge is 2.32. The summed E-state index contributed by atoms with van der Waals surface area (Å²) in [6.07, 6.45) is 0.945. The second-order valence-electron chi connectivity index (χ2n) is 8.48. The molecule has 2 amide bonds. The van der Waals surface area contributed by atoms with Gasteiger partial charge in [0, 0.05) is 44.4 Å². The molecule has 7 heteroatoms. The maximum Gasteiger partial charge on any atom is 0.410 e. The summed E-state index contributed by atoms with van der Waals surface area (Å²) in [5.41, 5.74) is 2.67. The largest absolute Gasteiger partial charge is 0.444 e. The zero-order valence-corrected chi connectivity index (χ0v) is 17.8. The van der Waals surface area contributed by atoms with Crippen LogP contribution < -0.4 is 4.90 Å². The van der Waals surface area contributed by atoms with E-state index in [9.17, 15) is 14.4 Å². The van der Waals surface area contributed by atoms with Crippen LogP contribution in [-0.4, -0.2) is 46.5 Å². The van der Waals surface area contributed by atoms with E-state index in [0.717, 1.165) is 17.7 Å². The number of benzene rings is 1. The van der Waals surface area contributed by atoms with Crippen molar-refractivity contribution < 1.29 is 19.1 Å². The standard InChI is InChI=1S/C21H28N2O4S/c1-14(24)28-13-15-9-19(25)23(11-15)18-6-5-17-12-22(8-7-16(17)10-18)20(26)27-21(2,3)4/h5-6,10,15H,7-9,11-13H2,1-4H3. The van der Waals surface area contributed by atoms with E-state index in [1.54, 1.807) is 11.8 Å². The average molecular weight is 405 g/mol. The van der Waals surface area contributed by atoms with Gasteiger partial charge in [-0.05, 0) is 56.4 Å². The summed E-state index contributed by atoms with van der Waals surface area (Å²) >= 11 is 1.29. The number of fused-ring (bicyclic) bond motifs is 1. The van der Waals surface area contributed by atoms with Crippen LogP contribution in [0.3, 0.4) is 0 Å². The maximum absolute atomic E-state index is 12.4. The number of hydrogen-bond donors (Lipinski definition) is 0. The molecule has 2 heterocycles. The van der Waals surface area contributed by atoms with Crippen LogP contribution in [0.1, 0.15) is 45.2 Å². The number of anilines is 1. The Kier molecular flexibility index (Phi) is 6.03. The van der Waals surface area contributed by atoms with Crippen LogP contribution in [0.15, 0.2) is 18.2 Å². The van der Waals surface area contributed by atoms with Gasteiger partial charge in [-0.25, -0.2) is 4.79 Å². The second-order valence-corrected chi connectivity index (χ2v) is 9.68. The van der Waals surface area contributed by atoms with Crippen molar-refractivity contribution in [2.75, 3.05) is 23.7 Å². The molecule has 152 valence electrons. The monoisotopic (exact) mass is 404 g/mol. The lowest BCUT2D eigenvalue weighted by Gasteiger charge is -2.31. The first-order valence-electron chi connectivity index (χ1n) is 9.66. The molecule has 2 aliphatic heterocycles. The molecule has 6 nitrogen and oxygen atoms in total. The third-order valence-electron chi connectivity index (χ3n) is 4.89. The van der Waals surface area contributed by atoms with E-state index in [2.05, 4.69) is 6.07 Å². The lowest BCUT2D eigenvalue weighted by atomic mass is 9.99. The number of thioether (sulfide) groups is 1. The Labute approximate surface area is 170 Å². The summed E-state index contributed by atoms with van der Waals surface area (Å²) < 4.78 is 5.47. The molecule has 0 aliphatic carbocycles. The molecule has 1 aromatic carbocycles. The second kappa shape index (κ2) is 8.15. The van der Waals surface area contributed by atoms with Crippen molar-refractivity contribution >= 4 is 34.6 Å². The third kappa shape index (κ3) is 5.07. The molecule has 3 rings (SSSR count). The first-order valence-corrected chi connectivity index (χ1v) is 10.6. The van der Waals surface area contributed by atoms with E-state index < -0.39 is 5.60 Å². The van der Waals surface area contributed by atoms with Crippen molar-refractivity contribution in [3.63, 3.8) is 0 Å². The molecule has 0 spiro atoms. The van der Waals surface area contributed by atoms with Crippen LogP contribution in [0.5, 0.6) is 0 Å². The minimum atomic E-state index is -0.505. The highest BCUT2D eigenvalue weighted by atomic mass is 32.2. The van der Waals surface area contributed by atoms with Crippen LogP contribution in [0.2, 0.25) is 0 Å². The van der Waals surface area contributed by atoms with Crippen LogP contribution in [-0.2, 0) is 27.3 Å². The Balaban J connectivity index is 1.66. The SMILES string of the molecule is CC(=O)SCC1CC(=O)N(c2ccc3c(c2)CCN(C(=O)OC(C)(C)C)C3)C1. The molecule has 0 saturated carbocycles. The molecule has 0 N–H and O–H groups in total. The lowest BCUT2D eigenvalue weighted by molar-refractivity contribution is -0.117. The summed E-state index contributed by atoms with van der Waals surface area (Å²) in [7, 11) is 0. The van der Waals surface area contributed by atoms with Gasteiger partial charge < -0.3 is 14.5 Å². The number of ether oxygens (including phenoxy) is 1. The fourth-order valence-corrected chi connectivity index (χ4v) is 4.26. The van der Waals surface area contributed by atoms with Crippen molar-refractivity contribution in [3.05, 3.63) is 29.3 Å². The average Bonchev–Trinajstić information content (AvgIpc) is 2.98. The number of hydrogen-bond acceptors (Lipinski definition) is 5. The minimum absolute atomic E-state index is 0.0919. The summed E-state index contributed by atoms with van der Waals surface area (Å²) in [5, 5.41) is 0.0919. The van der Waals surface area contributed by atoms with Gasteiger partial charge in [-0.3, -0.25) is 9.59 Å². The molecular formula is C21H28N2O4S. The van der Waals surface area contributed by atoms with Crippen molar-refractivity contribution in [2.45, 2.75) is 52.7 Å². The molecule has 1 unspecified atom stereocenters. The Hall–Kier alpha value is -2.02. The summed E-state index contributed by atoms with van der Waals surface area (Å²) in [5.74, 6) is 1.01. The minimum Gasteiger partial charge on any atom is -0.444 e. The maximum atomic E-state index is 12.4. The Morgan fingerprint density at radius 1 is 1.25 bits per heavy atom. The number of nitrogens with zero attached hydrogens (tertiary/aromatic N) is 2. The first-order chi connectivity index (χ1) is 13.1. The molecule has 1 atom stereocenters. The van der Waals surface area contributed by atoms with Gasteiger partial charge in [0.15, 0.2) is 5.12 Å². The van der Waals surface area contributed by atoms with Gasteiger partial charge >= 0.3 is 6.09 Å². The molecule has 0 radical (unpaired) electrons. The Morgan fingerprint density at radius 3 is 2.68 bits per heavy atom. The van der Waals surface area contributed by atoms with Gasteiger partial charge in [-0.15, -0.1) is 0 Å². The summed E-state index contributed by atoms with van der Waals surface area (Å²) in [6, 6.07) is 6.03. The quantitative estimate of drug-likeness (QED) is 0.770. The smallest absolute Gasteiger partial charge is 0.410 e. The van der Waals surface area contributed by atoms with Gasteiger partial charge in [0.25, 0.3) is 0 Å². The van der Waals surface area contributed by atoms with E-state index in [1.165, 1.54) is 17.3 Å². The molecule has 2 aliphatic rings. The topological polar surface area (TPSA) is 66.9 Å². The van der Waals surface area contributed by atoms with Crippen LogP contribution in [0.4, 0.5) is 10.5 Å². The van der Waals surface area contributed by atoms with Crippen molar-refractivity contribution in [1.82, 2.24) is 4.90 Å². The van der Waals surface area contributed by atoms with E-state index in [0.29, 0.717) is 31.8 Å². The van der Waals surface area contributed by atoms with Crippen LogP contribution in [0, 0.1) is 5.92 Å². The van der Waals surface area contributed by atoms with Crippen molar-refractivity contribution in [1.29, 1.82) is 0 Å². The molecule has 1 saturated heterocycles. The molecule has 0 aromatic heterocycles. The van der Waals surface area contributed by atoms with Crippen molar-refractivity contribution in [3.8, 4) is 0 Å². The number of carbonyl (C=O) groups is 3. The Bertz CT molecular complexity index is 787. The highest BCUT2D eigenvalue weighted by molar-refractivity contribution is 8.13. The predicted molar refractivity (Wildman–Crippen MR) is 110 cm³/mol. The molecule has 1 aromatic rings. The van der Waals surface area contributed by atoms with Crippen molar-refractivity contribution in [2.24, 2.45) is 5.92 Å². The van der Waals surface area contributed by atoms with E-state index in [-0.39, 0.29) is 23.0 Å². The molecule has 28 heavy (non-hydrogen) atoms. The van der Waals surface area contributed by atoms with Gasteiger partial charge in [0.2, 0.25) is 5.91 Å². The fourth-order valence-electron chi connectivity index (χ4n) is 3.57. The summed E-state index contributed by atoms with van der Waals surface area (Å²) in [4.78, 5) is 39.5. The number of amides is 2. The van der Waals surface area contributed by atoms with E-state index >= 15 is 0 Å². The molecular weight excluding hydrogens is 376 g/mol. The predicted octanol–water partition coefficient (Wildman–Crippen LogP) is 3.61. The van der Waals surface area contributed by atoms with E-state index in [4.69, 9.17) is 4.74 Å².